The third-order valence-electron chi connectivity index (χ3n) is 5.45. The molecule has 1 saturated carbocycles. The fourth-order valence-corrected chi connectivity index (χ4v) is 3.45. The minimum Gasteiger partial charge on any atom is -0.366 e. The molecule has 33 heavy (non-hydrogen) atoms. The van der Waals surface area contributed by atoms with Crippen molar-refractivity contribution in [2.45, 2.75) is 45.1 Å². The summed E-state index contributed by atoms with van der Waals surface area (Å²) in [5, 5.41) is 6.18. The highest BCUT2D eigenvalue weighted by Crippen LogP contribution is 2.46. The molecule has 5 rings (SSSR count). The smallest absolute Gasteiger partial charge is 0.295 e. The Hall–Kier alpha value is -4.15. The van der Waals surface area contributed by atoms with Gasteiger partial charge in [-0.1, -0.05) is 5.16 Å². The second-order valence-corrected chi connectivity index (χ2v) is 8.33. The maximum Gasteiger partial charge on any atom is 0.295 e. The number of carbonyl (C=O) groups is 3. The maximum absolute atomic E-state index is 12.7. The Bertz CT molecular complexity index is 1200. The van der Waals surface area contributed by atoms with E-state index in [1.807, 2.05) is 18.7 Å². The summed E-state index contributed by atoms with van der Waals surface area (Å²) in [5.74, 6) is 0.307. The van der Waals surface area contributed by atoms with E-state index in [1.54, 1.807) is 19.2 Å². The standard InChI is InChI=1S/C16H16N4O3.C6H7N3O/c1-16(2)10-8-17-13(19-14(21)12-5-6-18-23-12)7-11(10)20(15(16)22)9-3-4-9;1-4-8-2-5(3-9-4)6(7)10/h5-9H,3-4H2,1-2H3,(H,17,19,21);2-3H,1H3,(H2,7,10). The molecule has 0 atom stereocenters. The van der Waals surface area contributed by atoms with Crippen LogP contribution in [0.25, 0.3) is 0 Å². The summed E-state index contributed by atoms with van der Waals surface area (Å²) >= 11 is 0. The number of pyridine rings is 1. The van der Waals surface area contributed by atoms with Crippen molar-refractivity contribution in [3.05, 3.63) is 59.6 Å². The van der Waals surface area contributed by atoms with Crippen molar-refractivity contribution in [1.29, 1.82) is 0 Å². The van der Waals surface area contributed by atoms with Crippen molar-refractivity contribution in [3.63, 3.8) is 0 Å². The Labute approximate surface area is 189 Å². The first-order valence-electron chi connectivity index (χ1n) is 10.3. The van der Waals surface area contributed by atoms with E-state index in [-0.39, 0.29) is 17.7 Å². The SMILES string of the molecule is CC1(C)C(=O)N(C2CC2)c2cc(NC(=O)c3ccno3)ncc21.Cc1ncc(C(N)=O)cn1. The van der Waals surface area contributed by atoms with Crippen LogP contribution in [0, 0.1) is 6.92 Å². The molecule has 0 saturated heterocycles. The first kappa shape index (κ1) is 22.1. The van der Waals surface area contributed by atoms with E-state index in [0.717, 1.165) is 24.1 Å². The summed E-state index contributed by atoms with van der Waals surface area (Å²) in [7, 11) is 0. The summed E-state index contributed by atoms with van der Waals surface area (Å²) in [5.41, 5.74) is 6.43. The van der Waals surface area contributed by atoms with E-state index < -0.39 is 17.2 Å². The van der Waals surface area contributed by atoms with Crippen LogP contribution in [0.5, 0.6) is 0 Å². The van der Waals surface area contributed by atoms with Gasteiger partial charge in [-0.3, -0.25) is 14.4 Å². The number of anilines is 2. The molecule has 11 nitrogen and oxygen atoms in total. The van der Waals surface area contributed by atoms with Crippen LogP contribution >= 0.6 is 0 Å². The number of fused-ring (bicyclic) bond motifs is 1. The highest BCUT2D eigenvalue weighted by molar-refractivity contribution is 6.09. The third kappa shape index (κ3) is 4.43. The lowest BCUT2D eigenvalue weighted by Crippen LogP contribution is -2.37. The van der Waals surface area contributed by atoms with Crippen molar-refractivity contribution >= 4 is 29.2 Å². The maximum atomic E-state index is 12.7. The van der Waals surface area contributed by atoms with Crippen LogP contribution in [0.1, 0.15) is 59.0 Å². The van der Waals surface area contributed by atoms with Gasteiger partial charge >= 0.3 is 0 Å². The van der Waals surface area contributed by atoms with Crippen LogP contribution in [0.2, 0.25) is 0 Å². The van der Waals surface area contributed by atoms with Gasteiger partial charge in [0.1, 0.15) is 11.6 Å². The number of hydrogen-bond acceptors (Lipinski definition) is 8. The third-order valence-corrected chi connectivity index (χ3v) is 5.45. The van der Waals surface area contributed by atoms with Crippen molar-refractivity contribution in [2.75, 3.05) is 10.2 Å². The Morgan fingerprint density at radius 3 is 2.45 bits per heavy atom. The zero-order chi connectivity index (χ0) is 23.8. The Morgan fingerprint density at radius 1 is 1.18 bits per heavy atom. The van der Waals surface area contributed by atoms with Gasteiger partial charge in [-0.05, 0) is 33.6 Å². The summed E-state index contributed by atoms with van der Waals surface area (Å²) in [4.78, 5) is 48.9. The van der Waals surface area contributed by atoms with Gasteiger partial charge in [-0.25, -0.2) is 15.0 Å². The lowest BCUT2D eigenvalue weighted by molar-refractivity contribution is -0.122. The van der Waals surface area contributed by atoms with E-state index in [9.17, 15) is 14.4 Å². The molecular formula is C22H23N7O4. The molecule has 3 amide bonds. The number of primary amides is 1. The number of carbonyl (C=O) groups excluding carboxylic acids is 3. The first-order chi connectivity index (χ1) is 15.7. The highest BCUT2D eigenvalue weighted by atomic mass is 16.5. The van der Waals surface area contributed by atoms with E-state index in [2.05, 4.69) is 25.4 Å². The second-order valence-electron chi connectivity index (χ2n) is 8.33. The normalized spacial score (nSPS) is 16.0. The Balaban J connectivity index is 0.000000219. The zero-order valence-electron chi connectivity index (χ0n) is 18.4. The Kier molecular flexibility index (Phi) is 5.62. The average molecular weight is 449 g/mol. The molecule has 0 bridgehead atoms. The first-order valence-corrected chi connectivity index (χ1v) is 10.3. The van der Waals surface area contributed by atoms with E-state index in [4.69, 9.17) is 10.3 Å². The lowest BCUT2D eigenvalue weighted by Gasteiger charge is -2.19. The summed E-state index contributed by atoms with van der Waals surface area (Å²) < 4.78 is 4.83. The zero-order valence-corrected chi connectivity index (χ0v) is 18.4. The molecule has 3 aromatic rings. The number of aromatic nitrogens is 4. The van der Waals surface area contributed by atoms with E-state index >= 15 is 0 Å². The minimum absolute atomic E-state index is 0.0931. The lowest BCUT2D eigenvalue weighted by atomic mass is 9.87. The molecule has 1 aliphatic heterocycles. The van der Waals surface area contributed by atoms with Crippen LogP contribution in [0.15, 0.2) is 41.4 Å². The molecule has 0 unspecified atom stereocenters. The second kappa shape index (κ2) is 8.41. The van der Waals surface area contributed by atoms with Crippen LogP contribution in [-0.4, -0.2) is 43.9 Å². The predicted octanol–water partition coefficient (Wildman–Crippen LogP) is 1.99. The van der Waals surface area contributed by atoms with Crippen LogP contribution < -0.4 is 16.0 Å². The fraction of sp³-hybridized carbons (Fsp3) is 0.318. The molecule has 3 N–H and O–H groups in total. The number of rotatable bonds is 4. The highest BCUT2D eigenvalue weighted by Gasteiger charge is 2.49. The molecule has 1 fully saturated rings. The van der Waals surface area contributed by atoms with Gasteiger partial charge in [0.2, 0.25) is 11.7 Å². The number of amides is 3. The number of nitrogens with zero attached hydrogens (tertiary/aromatic N) is 5. The van der Waals surface area contributed by atoms with Gasteiger partial charge in [0.25, 0.3) is 11.8 Å². The van der Waals surface area contributed by atoms with Crippen molar-refractivity contribution in [1.82, 2.24) is 20.1 Å². The predicted molar refractivity (Wildman–Crippen MR) is 118 cm³/mol. The largest absolute Gasteiger partial charge is 0.366 e. The molecule has 170 valence electrons. The molecule has 3 aromatic heterocycles. The van der Waals surface area contributed by atoms with E-state index in [1.165, 1.54) is 24.7 Å². The molecule has 1 aliphatic carbocycles. The number of hydrogen-bond donors (Lipinski definition) is 2. The van der Waals surface area contributed by atoms with Gasteiger partial charge in [0.05, 0.1) is 22.9 Å². The van der Waals surface area contributed by atoms with Crippen LogP contribution in [0.4, 0.5) is 11.5 Å². The Morgan fingerprint density at radius 2 is 1.88 bits per heavy atom. The molecule has 0 aromatic carbocycles. The minimum atomic E-state index is -0.585. The number of aryl methyl sites for hydroxylation is 1. The topological polar surface area (TPSA) is 157 Å². The van der Waals surface area contributed by atoms with Gasteiger partial charge in [-0.15, -0.1) is 0 Å². The van der Waals surface area contributed by atoms with Gasteiger partial charge in [0.15, 0.2) is 0 Å². The van der Waals surface area contributed by atoms with Gasteiger partial charge in [-0.2, -0.15) is 0 Å². The van der Waals surface area contributed by atoms with Crippen molar-refractivity contribution in [3.8, 4) is 0 Å². The summed E-state index contributed by atoms with van der Waals surface area (Å²) in [6.45, 7) is 5.56. The molecule has 2 aliphatic rings. The quantitative estimate of drug-likeness (QED) is 0.612. The molecular weight excluding hydrogens is 426 g/mol. The van der Waals surface area contributed by atoms with Crippen LogP contribution in [-0.2, 0) is 10.2 Å². The average Bonchev–Trinajstić information content (AvgIpc) is 3.40. The van der Waals surface area contributed by atoms with Crippen molar-refractivity contribution in [2.24, 2.45) is 5.73 Å². The summed E-state index contributed by atoms with van der Waals surface area (Å²) in [6.07, 6.45) is 7.93. The van der Waals surface area contributed by atoms with Crippen molar-refractivity contribution < 1.29 is 18.9 Å². The fourth-order valence-electron chi connectivity index (χ4n) is 3.45. The van der Waals surface area contributed by atoms with Gasteiger partial charge < -0.3 is 20.5 Å². The van der Waals surface area contributed by atoms with E-state index in [0.29, 0.717) is 17.2 Å². The van der Waals surface area contributed by atoms with Gasteiger partial charge in [0, 0.05) is 42.3 Å². The summed E-state index contributed by atoms with van der Waals surface area (Å²) in [6, 6.07) is 3.50. The molecule has 11 heteroatoms. The number of nitrogens with one attached hydrogen (secondary N) is 1. The number of nitrogens with two attached hydrogens (primary N) is 1. The molecule has 4 heterocycles. The van der Waals surface area contributed by atoms with Crippen LogP contribution in [0.3, 0.4) is 0 Å². The molecule has 0 radical (unpaired) electrons. The molecule has 0 spiro atoms. The monoisotopic (exact) mass is 449 g/mol.